The maximum atomic E-state index is 12.5. The van der Waals surface area contributed by atoms with Crippen LogP contribution in [0.4, 0.5) is 0 Å². The molecule has 4 rings (SSSR count). The molecule has 1 aromatic heterocycles. The fraction of sp³-hybridized carbons (Fsp3) is 0.400. The van der Waals surface area contributed by atoms with Crippen molar-refractivity contribution >= 4 is 10.8 Å². The van der Waals surface area contributed by atoms with Crippen LogP contribution in [0, 0.1) is 0 Å². The zero-order valence-corrected chi connectivity index (χ0v) is 17.7. The molecule has 1 saturated carbocycles. The molecule has 1 aliphatic rings. The predicted molar refractivity (Wildman–Crippen MR) is 117 cm³/mol. The molecule has 0 amide bonds. The van der Waals surface area contributed by atoms with E-state index in [1.807, 2.05) is 37.3 Å². The smallest absolute Gasteiger partial charge is 0.343 e. The third kappa shape index (κ3) is 3.94. The van der Waals surface area contributed by atoms with Crippen molar-refractivity contribution < 1.29 is 19.0 Å². The zero-order chi connectivity index (χ0) is 21.3. The Balaban J connectivity index is 1.93. The SMILES string of the molecule is CCOc1ccc(-c2c(C(C)(C)O)oc(=O)c3ccccc23)cc1OC1CCCC1. The summed E-state index contributed by atoms with van der Waals surface area (Å²) in [6, 6.07) is 13.0. The maximum absolute atomic E-state index is 12.5. The van der Waals surface area contributed by atoms with Crippen LogP contribution in [0.25, 0.3) is 21.9 Å². The maximum Gasteiger partial charge on any atom is 0.343 e. The first-order valence-electron chi connectivity index (χ1n) is 10.6. The van der Waals surface area contributed by atoms with Gasteiger partial charge in [-0.05, 0) is 70.2 Å². The predicted octanol–water partition coefficient (Wildman–Crippen LogP) is 5.41. The third-order valence-corrected chi connectivity index (χ3v) is 5.52. The van der Waals surface area contributed by atoms with Crippen molar-refractivity contribution in [3.8, 4) is 22.6 Å². The molecule has 1 aliphatic carbocycles. The minimum absolute atomic E-state index is 0.179. The molecular weight excluding hydrogens is 380 g/mol. The van der Waals surface area contributed by atoms with Gasteiger partial charge in [0.25, 0.3) is 0 Å². The monoisotopic (exact) mass is 408 g/mol. The van der Waals surface area contributed by atoms with Gasteiger partial charge in [-0.2, -0.15) is 0 Å². The highest BCUT2D eigenvalue weighted by Gasteiger charge is 2.28. The molecule has 1 fully saturated rings. The van der Waals surface area contributed by atoms with Gasteiger partial charge in [0, 0.05) is 10.9 Å². The van der Waals surface area contributed by atoms with Gasteiger partial charge in [-0.15, -0.1) is 0 Å². The van der Waals surface area contributed by atoms with Gasteiger partial charge in [0.2, 0.25) is 0 Å². The molecule has 0 bridgehead atoms. The zero-order valence-electron chi connectivity index (χ0n) is 17.7. The lowest BCUT2D eigenvalue weighted by Crippen LogP contribution is -2.20. The van der Waals surface area contributed by atoms with Crippen LogP contribution in [0.2, 0.25) is 0 Å². The van der Waals surface area contributed by atoms with E-state index in [4.69, 9.17) is 13.9 Å². The summed E-state index contributed by atoms with van der Waals surface area (Å²) in [7, 11) is 0. The minimum Gasteiger partial charge on any atom is -0.490 e. The second-order valence-corrected chi connectivity index (χ2v) is 8.32. The van der Waals surface area contributed by atoms with Gasteiger partial charge in [-0.3, -0.25) is 0 Å². The summed E-state index contributed by atoms with van der Waals surface area (Å²) in [4.78, 5) is 12.5. The Morgan fingerprint density at radius 1 is 1.07 bits per heavy atom. The molecule has 5 nitrogen and oxygen atoms in total. The van der Waals surface area contributed by atoms with Crippen LogP contribution in [0.15, 0.2) is 51.7 Å². The number of aliphatic hydroxyl groups is 1. The van der Waals surface area contributed by atoms with Crippen LogP contribution in [-0.2, 0) is 5.60 Å². The summed E-state index contributed by atoms with van der Waals surface area (Å²) in [6.07, 6.45) is 4.60. The summed E-state index contributed by atoms with van der Waals surface area (Å²) in [5.74, 6) is 1.61. The fourth-order valence-corrected chi connectivity index (χ4v) is 4.13. The molecule has 0 aliphatic heterocycles. The number of hydrogen-bond donors (Lipinski definition) is 1. The number of rotatable bonds is 6. The van der Waals surface area contributed by atoms with E-state index in [0.29, 0.717) is 29.1 Å². The van der Waals surface area contributed by atoms with Crippen molar-refractivity contribution in [2.75, 3.05) is 6.61 Å². The lowest BCUT2D eigenvalue weighted by Gasteiger charge is -2.22. The Labute approximate surface area is 176 Å². The van der Waals surface area contributed by atoms with Gasteiger partial charge in [-0.25, -0.2) is 4.79 Å². The van der Waals surface area contributed by atoms with Gasteiger partial charge < -0.3 is 19.0 Å². The molecule has 0 unspecified atom stereocenters. The molecule has 2 aromatic carbocycles. The van der Waals surface area contributed by atoms with E-state index in [2.05, 4.69) is 0 Å². The van der Waals surface area contributed by atoms with Crippen molar-refractivity contribution in [3.63, 3.8) is 0 Å². The van der Waals surface area contributed by atoms with Crippen LogP contribution in [0.3, 0.4) is 0 Å². The van der Waals surface area contributed by atoms with Crippen molar-refractivity contribution in [3.05, 3.63) is 58.6 Å². The summed E-state index contributed by atoms with van der Waals surface area (Å²) in [5.41, 5.74) is -0.288. The summed E-state index contributed by atoms with van der Waals surface area (Å²) in [5, 5.41) is 12.0. The molecule has 1 N–H and O–H groups in total. The second kappa shape index (κ2) is 8.15. The fourth-order valence-electron chi connectivity index (χ4n) is 4.13. The second-order valence-electron chi connectivity index (χ2n) is 8.32. The molecule has 0 radical (unpaired) electrons. The lowest BCUT2D eigenvalue weighted by molar-refractivity contribution is 0.0521. The standard InChI is InChI=1S/C25H28O5/c1-4-28-20-14-13-16(15-21(20)29-17-9-5-6-10-17)22-18-11-7-8-12-19(18)24(26)30-23(22)25(2,3)27/h7-8,11-15,17,27H,4-6,9-10H2,1-3H3. The van der Waals surface area contributed by atoms with Crippen LogP contribution in [0.1, 0.15) is 52.2 Å². The normalized spacial score (nSPS) is 14.9. The summed E-state index contributed by atoms with van der Waals surface area (Å²) >= 11 is 0. The molecule has 0 saturated heterocycles. The van der Waals surface area contributed by atoms with E-state index in [1.165, 1.54) is 12.8 Å². The molecule has 5 heteroatoms. The van der Waals surface area contributed by atoms with E-state index in [0.717, 1.165) is 23.8 Å². The van der Waals surface area contributed by atoms with Crippen LogP contribution < -0.4 is 15.1 Å². The number of hydrogen-bond acceptors (Lipinski definition) is 5. The molecule has 3 aromatic rings. The Bertz CT molecular complexity index is 1100. The van der Waals surface area contributed by atoms with E-state index in [-0.39, 0.29) is 11.9 Å². The van der Waals surface area contributed by atoms with E-state index in [9.17, 15) is 9.90 Å². The molecule has 1 heterocycles. The van der Waals surface area contributed by atoms with Crippen molar-refractivity contribution in [1.29, 1.82) is 0 Å². The van der Waals surface area contributed by atoms with Gasteiger partial charge in [0.05, 0.1) is 18.1 Å². The molecule has 30 heavy (non-hydrogen) atoms. The van der Waals surface area contributed by atoms with Gasteiger partial charge >= 0.3 is 5.63 Å². The van der Waals surface area contributed by atoms with Crippen molar-refractivity contribution in [2.45, 2.75) is 58.2 Å². The Morgan fingerprint density at radius 2 is 1.77 bits per heavy atom. The summed E-state index contributed by atoms with van der Waals surface area (Å²) < 4.78 is 17.7. The van der Waals surface area contributed by atoms with E-state index in [1.54, 1.807) is 26.0 Å². The van der Waals surface area contributed by atoms with Gasteiger partial charge in [0.15, 0.2) is 11.5 Å². The van der Waals surface area contributed by atoms with Gasteiger partial charge in [-0.1, -0.05) is 24.3 Å². The average molecular weight is 408 g/mol. The molecular formula is C25H28O5. The highest BCUT2D eigenvalue weighted by Crippen LogP contribution is 2.41. The average Bonchev–Trinajstić information content (AvgIpc) is 3.22. The first kappa shape index (κ1) is 20.5. The number of benzene rings is 2. The van der Waals surface area contributed by atoms with Crippen LogP contribution in [-0.4, -0.2) is 17.8 Å². The Kier molecular flexibility index (Phi) is 5.56. The topological polar surface area (TPSA) is 68.9 Å². The number of fused-ring (bicyclic) bond motifs is 1. The van der Waals surface area contributed by atoms with E-state index < -0.39 is 11.2 Å². The first-order valence-corrected chi connectivity index (χ1v) is 10.6. The molecule has 0 spiro atoms. The molecule has 158 valence electrons. The van der Waals surface area contributed by atoms with Crippen LogP contribution >= 0.6 is 0 Å². The lowest BCUT2D eigenvalue weighted by atomic mass is 9.92. The third-order valence-electron chi connectivity index (χ3n) is 5.52. The van der Waals surface area contributed by atoms with Crippen molar-refractivity contribution in [1.82, 2.24) is 0 Å². The quantitative estimate of drug-likeness (QED) is 0.591. The molecule has 0 atom stereocenters. The van der Waals surface area contributed by atoms with E-state index >= 15 is 0 Å². The van der Waals surface area contributed by atoms with Crippen LogP contribution in [0.5, 0.6) is 11.5 Å². The highest BCUT2D eigenvalue weighted by atomic mass is 16.5. The highest BCUT2D eigenvalue weighted by molar-refractivity contribution is 5.97. The Hall–Kier alpha value is -2.79. The van der Waals surface area contributed by atoms with Crippen molar-refractivity contribution in [2.24, 2.45) is 0 Å². The largest absolute Gasteiger partial charge is 0.490 e. The number of ether oxygens (including phenoxy) is 2. The summed E-state index contributed by atoms with van der Waals surface area (Å²) in [6.45, 7) is 5.72. The Morgan fingerprint density at radius 3 is 2.43 bits per heavy atom. The minimum atomic E-state index is -1.33. The van der Waals surface area contributed by atoms with Gasteiger partial charge in [0.1, 0.15) is 11.4 Å². The first-order chi connectivity index (χ1) is 14.4.